The summed E-state index contributed by atoms with van der Waals surface area (Å²) in [7, 11) is 0. The molecule has 0 fully saturated rings. The quantitative estimate of drug-likeness (QED) is 0.315. The van der Waals surface area contributed by atoms with Gasteiger partial charge in [0.2, 0.25) is 13.6 Å². The molecule has 216 valence electrons. The summed E-state index contributed by atoms with van der Waals surface area (Å²) < 4.78 is 75.3. The molecule has 5 heterocycles. The Labute approximate surface area is 237 Å². The van der Waals surface area contributed by atoms with Gasteiger partial charge in [0, 0.05) is 42.7 Å². The summed E-state index contributed by atoms with van der Waals surface area (Å²) >= 11 is 0. The van der Waals surface area contributed by atoms with E-state index in [0.29, 0.717) is 66.1 Å². The Morgan fingerprint density at radius 3 is 1.79 bits per heavy atom. The Kier molecular flexibility index (Phi) is 5.76. The fraction of sp³-hybridized carbons (Fsp3) is 0.300. The topological polar surface area (TPSA) is 74.8 Å². The third-order valence-electron chi connectivity index (χ3n) is 7.79. The Morgan fingerprint density at radius 2 is 1.19 bits per heavy atom. The van der Waals surface area contributed by atoms with Gasteiger partial charge in [0.1, 0.15) is 30.4 Å². The van der Waals surface area contributed by atoms with Crippen molar-refractivity contribution >= 4 is 10.9 Å². The number of ether oxygens (including phenoxy) is 6. The molecule has 4 aromatic rings. The van der Waals surface area contributed by atoms with E-state index in [0.717, 1.165) is 28.3 Å². The lowest BCUT2D eigenvalue weighted by atomic mass is 9.97. The highest BCUT2D eigenvalue weighted by atomic mass is 19.4. The van der Waals surface area contributed by atoms with Crippen LogP contribution >= 0.6 is 0 Å². The summed E-state index contributed by atoms with van der Waals surface area (Å²) in [6, 6.07) is 14.0. The van der Waals surface area contributed by atoms with Gasteiger partial charge in [0.25, 0.3) is 0 Å². The van der Waals surface area contributed by atoms with E-state index in [2.05, 4.69) is 14.8 Å². The molecule has 9 nitrogen and oxygen atoms in total. The number of rotatable bonds is 4. The Hall–Kier alpha value is -4.42. The van der Waals surface area contributed by atoms with Gasteiger partial charge in [-0.3, -0.25) is 9.80 Å². The van der Waals surface area contributed by atoms with Crippen LogP contribution in [0, 0.1) is 0 Å². The molecule has 1 aromatic heterocycles. The Morgan fingerprint density at radius 1 is 0.643 bits per heavy atom. The van der Waals surface area contributed by atoms with Gasteiger partial charge >= 0.3 is 6.18 Å². The first kappa shape index (κ1) is 25.3. The number of hydrogen-bond acceptors (Lipinski definition) is 9. The lowest BCUT2D eigenvalue weighted by molar-refractivity contribution is -0.141. The summed E-state index contributed by atoms with van der Waals surface area (Å²) in [5.41, 5.74) is 2.86. The zero-order valence-corrected chi connectivity index (χ0v) is 22.2. The molecule has 0 radical (unpaired) electrons. The molecule has 4 aliphatic heterocycles. The van der Waals surface area contributed by atoms with Crippen LogP contribution in [0.25, 0.3) is 10.9 Å². The predicted molar refractivity (Wildman–Crippen MR) is 141 cm³/mol. The van der Waals surface area contributed by atoms with E-state index in [4.69, 9.17) is 28.4 Å². The second-order valence-electron chi connectivity index (χ2n) is 10.6. The van der Waals surface area contributed by atoms with Gasteiger partial charge in [-0.2, -0.15) is 13.2 Å². The van der Waals surface area contributed by atoms with Crippen LogP contribution in [0.2, 0.25) is 0 Å². The number of hydrogen-bond donors (Lipinski definition) is 0. The standard InChI is InChI=1S/C30H24F3N3O6/c31-30(32,33)26-6-3-19-27(34-26)29-21(12-36(14-38-29)10-18-2-5-23-25(8-18)42-16-40-23)20-11-35(13-37-28(19)20)9-17-1-4-22-24(7-17)41-15-39-22/h1-8H,9-16H2. The Bertz CT molecular complexity index is 1730. The minimum absolute atomic E-state index is 0.158. The smallest absolute Gasteiger partial charge is 0.433 e. The molecule has 8 rings (SSSR count). The summed E-state index contributed by atoms with van der Waals surface area (Å²) in [5.74, 6) is 3.71. The average molecular weight is 580 g/mol. The van der Waals surface area contributed by atoms with Crippen LogP contribution in [0.4, 0.5) is 13.2 Å². The second kappa shape index (κ2) is 9.57. The van der Waals surface area contributed by atoms with E-state index in [1.54, 1.807) is 0 Å². The van der Waals surface area contributed by atoms with Gasteiger partial charge in [0.05, 0.1) is 0 Å². The highest BCUT2D eigenvalue weighted by molar-refractivity contribution is 5.93. The van der Waals surface area contributed by atoms with E-state index >= 15 is 0 Å². The van der Waals surface area contributed by atoms with Crippen molar-refractivity contribution in [3.05, 3.63) is 76.5 Å². The van der Waals surface area contributed by atoms with Gasteiger partial charge in [-0.05, 0) is 47.5 Å². The zero-order valence-electron chi connectivity index (χ0n) is 22.2. The van der Waals surface area contributed by atoms with E-state index < -0.39 is 11.9 Å². The maximum Gasteiger partial charge on any atom is 0.433 e. The monoisotopic (exact) mass is 579 g/mol. The van der Waals surface area contributed by atoms with Crippen LogP contribution in [-0.2, 0) is 32.4 Å². The van der Waals surface area contributed by atoms with Crippen LogP contribution in [-0.4, -0.2) is 41.8 Å². The number of aromatic nitrogens is 1. The molecular weight excluding hydrogens is 555 g/mol. The maximum absolute atomic E-state index is 13.6. The number of pyridine rings is 1. The number of halogens is 3. The van der Waals surface area contributed by atoms with Crippen LogP contribution in [0.3, 0.4) is 0 Å². The summed E-state index contributed by atoms with van der Waals surface area (Å²) in [6.07, 6.45) is -4.58. The third-order valence-corrected chi connectivity index (χ3v) is 7.79. The first-order chi connectivity index (χ1) is 20.4. The van der Waals surface area contributed by atoms with Gasteiger partial charge in [-0.1, -0.05) is 12.1 Å². The van der Waals surface area contributed by atoms with Crippen molar-refractivity contribution in [2.24, 2.45) is 0 Å². The van der Waals surface area contributed by atoms with Gasteiger partial charge in [-0.25, -0.2) is 4.98 Å². The highest BCUT2D eigenvalue weighted by Crippen LogP contribution is 2.46. The minimum atomic E-state index is -4.58. The van der Waals surface area contributed by atoms with Gasteiger partial charge in [0.15, 0.2) is 28.7 Å². The molecule has 0 atom stereocenters. The van der Waals surface area contributed by atoms with Crippen molar-refractivity contribution in [2.45, 2.75) is 32.4 Å². The molecule has 0 bridgehead atoms. The largest absolute Gasteiger partial charge is 0.477 e. The summed E-state index contributed by atoms with van der Waals surface area (Å²) in [4.78, 5) is 8.22. The number of benzene rings is 3. The molecule has 4 aliphatic rings. The minimum Gasteiger partial charge on any atom is -0.477 e. The SMILES string of the molecule is FC(F)(F)c1ccc2c3c(c4c(c2n1)OCN(Cc1ccc2c(c1)OCO2)C4)CN(Cc1ccc2c(c1)OCO2)CO3. The number of nitrogens with zero attached hydrogens (tertiary/aromatic N) is 3. The van der Waals surface area contributed by atoms with Crippen molar-refractivity contribution in [3.63, 3.8) is 0 Å². The van der Waals surface area contributed by atoms with Gasteiger partial charge in [-0.15, -0.1) is 0 Å². The van der Waals surface area contributed by atoms with E-state index in [1.165, 1.54) is 6.07 Å². The fourth-order valence-electron chi connectivity index (χ4n) is 5.86. The van der Waals surface area contributed by atoms with Crippen molar-refractivity contribution in [1.82, 2.24) is 14.8 Å². The predicted octanol–water partition coefficient (Wildman–Crippen LogP) is 5.42. The van der Waals surface area contributed by atoms with Crippen molar-refractivity contribution < 1.29 is 41.6 Å². The maximum atomic E-state index is 13.6. The first-order valence-corrected chi connectivity index (χ1v) is 13.4. The zero-order chi connectivity index (χ0) is 28.4. The van der Waals surface area contributed by atoms with Crippen molar-refractivity contribution in [3.8, 4) is 34.5 Å². The molecule has 0 aliphatic carbocycles. The molecule has 0 amide bonds. The van der Waals surface area contributed by atoms with Crippen LogP contribution in [0.1, 0.15) is 27.9 Å². The molecule has 0 spiro atoms. The van der Waals surface area contributed by atoms with Gasteiger partial charge < -0.3 is 28.4 Å². The molecule has 3 aromatic carbocycles. The average Bonchev–Trinajstić information content (AvgIpc) is 3.65. The molecule has 0 saturated carbocycles. The summed E-state index contributed by atoms with van der Waals surface area (Å²) in [6.45, 7) is 2.92. The van der Waals surface area contributed by atoms with Crippen LogP contribution < -0.4 is 28.4 Å². The van der Waals surface area contributed by atoms with Crippen molar-refractivity contribution in [1.29, 1.82) is 0 Å². The Balaban J connectivity index is 1.15. The van der Waals surface area contributed by atoms with E-state index in [1.807, 2.05) is 36.4 Å². The lowest BCUT2D eigenvalue weighted by Gasteiger charge is -2.36. The van der Waals surface area contributed by atoms with Crippen LogP contribution in [0.15, 0.2) is 48.5 Å². The molecular formula is C30H24F3N3O6. The number of alkyl halides is 3. The summed E-state index contributed by atoms with van der Waals surface area (Å²) in [5, 5.41) is 0.503. The first-order valence-electron chi connectivity index (χ1n) is 13.4. The fourth-order valence-corrected chi connectivity index (χ4v) is 5.86. The molecule has 0 saturated heterocycles. The van der Waals surface area contributed by atoms with Crippen molar-refractivity contribution in [2.75, 3.05) is 27.0 Å². The molecule has 42 heavy (non-hydrogen) atoms. The second-order valence-corrected chi connectivity index (χ2v) is 10.6. The third kappa shape index (κ3) is 4.38. The van der Waals surface area contributed by atoms with Crippen LogP contribution in [0.5, 0.6) is 34.5 Å². The van der Waals surface area contributed by atoms with E-state index in [9.17, 15) is 13.2 Å². The molecule has 0 N–H and O–H groups in total. The number of fused-ring (bicyclic) bond motifs is 8. The molecule has 12 heteroatoms. The molecule has 0 unspecified atom stereocenters. The highest BCUT2D eigenvalue weighted by Gasteiger charge is 2.36. The lowest BCUT2D eigenvalue weighted by Crippen LogP contribution is -2.36. The normalized spacial score (nSPS) is 17.5. The van der Waals surface area contributed by atoms with E-state index in [-0.39, 0.29) is 32.6 Å².